The average Bonchev–Trinajstić information content (AvgIpc) is 3.62. The van der Waals surface area contributed by atoms with Gasteiger partial charge in [-0.15, -0.1) is 0 Å². The molecule has 2 nitrogen and oxygen atoms in total. The summed E-state index contributed by atoms with van der Waals surface area (Å²) in [7, 11) is 0. The second kappa shape index (κ2) is 9.86. The second-order valence-electron chi connectivity index (χ2n) is 11.3. The van der Waals surface area contributed by atoms with Crippen molar-refractivity contribution in [3.63, 3.8) is 0 Å². The first kappa shape index (κ1) is 24.7. The van der Waals surface area contributed by atoms with Crippen molar-refractivity contribution in [2.24, 2.45) is 0 Å². The lowest BCUT2D eigenvalue weighted by atomic mass is 9.99. The van der Waals surface area contributed by atoms with E-state index < -0.39 is 0 Å². The Morgan fingerprint density at radius 1 is 0.295 bits per heavy atom. The van der Waals surface area contributed by atoms with Gasteiger partial charge in [-0.25, -0.2) is 0 Å². The van der Waals surface area contributed by atoms with Crippen LogP contribution in [0.25, 0.3) is 77.2 Å². The molecule has 7 aromatic carbocycles. The zero-order chi connectivity index (χ0) is 29.0. The summed E-state index contributed by atoms with van der Waals surface area (Å²) in [5.74, 6) is 0. The molecule has 0 aliphatic rings. The fourth-order valence-electron chi connectivity index (χ4n) is 7.10. The van der Waals surface area contributed by atoms with Gasteiger partial charge in [-0.1, -0.05) is 140 Å². The average molecular weight is 561 g/mol. The highest BCUT2D eigenvalue weighted by atomic mass is 15.1. The van der Waals surface area contributed by atoms with Gasteiger partial charge in [0.05, 0.1) is 33.4 Å². The normalized spacial score (nSPS) is 11.6. The van der Waals surface area contributed by atoms with Crippen LogP contribution in [0.15, 0.2) is 170 Å². The lowest BCUT2D eigenvalue weighted by Crippen LogP contribution is -2.02. The van der Waals surface area contributed by atoms with Crippen LogP contribution in [0.1, 0.15) is 0 Å². The fraction of sp³-hybridized carbons (Fsp3) is 0. The Bertz CT molecular complexity index is 2480. The van der Waals surface area contributed by atoms with E-state index in [1.54, 1.807) is 0 Å². The van der Waals surface area contributed by atoms with E-state index in [2.05, 4.69) is 179 Å². The zero-order valence-corrected chi connectivity index (χ0v) is 24.1. The molecule has 0 radical (unpaired) electrons. The number of para-hydroxylation sites is 4. The van der Waals surface area contributed by atoms with E-state index in [0.29, 0.717) is 0 Å². The first-order chi connectivity index (χ1) is 21.9. The Morgan fingerprint density at radius 2 is 0.795 bits per heavy atom. The summed E-state index contributed by atoms with van der Waals surface area (Å²) in [6.45, 7) is 0. The molecule has 0 saturated heterocycles. The molecule has 0 saturated carbocycles. The van der Waals surface area contributed by atoms with Gasteiger partial charge in [0.2, 0.25) is 0 Å². The van der Waals surface area contributed by atoms with Crippen molar-refractivity contribution in [2.75, 3.05) is 0 Å². The minimum atomic E-state index is 1.16. The largest absolute Gasteiger partial charge is 0.307 e. The van der Waals surface area contributed by atoms with Crippen molar-refractivity contribution < 1.29 is 0 Å². The van der Waals surface area contributed by atoms with Gasteiger partial charge in [-0.3, -0.25) is 0 Å². The van der Waals surface area contributed by atoms with Crippen molar-refractivity contribution in [3.05, 3.63) is 170 Å². The Morgan fingerprint density at radius 3 is 1.57 bits per heavy atom. The summed E-state index contributed by atoms with van der Waals surface area (Å²) < 4.78 is 4.95. The number of rotatable bonds is 4. The van der Waals surface area contributed by atoms with Crippen LogP contribution in [0, 0.1) is 0 Å². The Hall–Kier alpha value is -5.86. The van der Waals surface area contributed by atoms with Gasteiger partial charge >= 0.3 is 0 Å². The summed E-state index contributed by atoms with van der Waals surface area (Å²) in [4.78, 5) is 0. The van der Waals surface area contributed by atoms with E-state index in [1.807, 2.05) is 0 Å². The lowest BCUT2D eigenvalue weighted by Gasteiger charge is -2.17. The zero-order valence-electron chi connectivity index (χ0n) is 24.1. The predicted octanol–water partition coefficient (Wildman–Crippen LogP) is 11.2. The maximum Gasteiger partial charge on any atom is 0.0782 e. The first-order valence-corrected chi connectivity index (χ1v) is 15.1. The molecule has 0 fully saturated rings. The molecular formula is C42H28N2. The Balaban J connectivity index is 1.45. The number of nitrogens with zero attached hydrogens (tertiary/aromatic N) is 2. The van der Waals surface area contributed by atoms with Crippen LogP contribution >= 0.6 is 0 Å². The molecule has 0 N–H and O–H groups in total. The van der Waals surface area contributed by atoms with E-state index in [9.17, 15) is 0 Å². The smallest absolute Gasteiger partial charge is 0.0782 e. The molecule has 0 aliphatic heterocycles. The molecule has 9 aromatic rings. The van der Waals surface area contributed by atoms with Gasteiger partial charge in [0.1, 0.15) is 0 Å². The van der Waals surface area contributed by atoms with Crippen molar-refractivity contribution in [1.82, 2.24) is 9.13 Å². The van der Waals surface area contributed by atoms with Gasteiger partial charge in [0.25, 0.3) is 0 Å². The molecule has 0 aliphatic carbocycles. The molecular weight excluding hydrogens is 532 g/mol. The van der Waals surface area contributed by atoms with E-state index in [1.165, 1.54) is 71.6 Å². The molecule has 2 heteroatoms. The van der Waals surface area contributed by atoms with E-state index in [-0.39, 0.29) is 0 Å². The third-order valence-electron chi connectivity index (χ3n) is 8.93. The fourth-order valence-corrected chi connectivity index (χ4v) is 7.10. The van der Waals surface area contributed by atoms with Crippen LogP contribution in [-0.2, 0) is 0 Å². The van der Waals surface area contributed by atoms with E-state index in [4.69, 9.17) is 0 Å². The molecule has 9 rings (SSSR count). The van der Waals surface area contributed by atoms with Crippen molar-refractivity contribution >= 4 is 43.6 Å². The van der Waals surface area contributed by atoms with Gasteiger partial charge < -0.3 is 9.13 Å². The van der Waals surface area contributed by atoms with Crippen LogP contribution in [0.5, 0.6) is 0 Å². The minimum absolute atomic E-state index is 1.16. The highest BCUT2D eigenvalue weighted by molar-refractivity contribution is 6.18. The number of hydrogen-bond donors (Lipinski definition) is 0. The maximum absolute atomic E-state index is 2.48. The van der Waals surface area contributed by atoms with Crippen molar-refractivity contribution in [2.45, 2.75) is 0 Å². The third kappa shape index (κ3) is 3.61. The van der Waals surface area contributed by atoms with Crippen LogP contribution < -0.4 is 0 Å². The standard InChI is InChI=1S/C42H28N2/c1-3-15-29(16-4-1)31-19-7-10-24-36(31)44-37-25-11-8-20-33(37)34-23-14-28-40(42(34)44)43-38-26-12-9-21-35(38)41-32(22-13-27-39(41)43)30-17-5-2-6-18-30/h1-28H. The predicted molar refractivity (Wildman–Crippen MR) is 186 cm³/mol. The number of fused-ring (bicyclic) bond motifs is 6. The van der Waals surface area contributed by atoms with Gasteiger partial charge in [-0.2, -0.15) is 0 Å². The summed E-state index contributed by atoms with van der Waals surface area (Å²) in [6, 6.07) is 61.3. The Labute approximate surface area is 255 Å². The number of hydrogen-bond acceptors (Lipinski definition) is 0. The summed E-state index contributed by atoms with van der Waals surface area (Å²) in [6.07, 6.45) is 0. The topological polar surface area (TPSA) is 9.86 Å². The second-order valence-corrected chi connectivity index (χ2v) is 11.3. The summed E-state index contributed by atoms with van der Waals surface area (Å²) in [5.41, 5.74) is 12.0. The van der Waals surface area contributed by atoms with Crippen LogP contribution in [-0.4, -0.2) is 9.13 Å². The minimum Gasteiger partial charge on any atom is -0.307 e. The van der Waals surface area contributed by atoms with Crippen LogP contribution in [0.3, 0.4) is 0 Å². The van der Waals surface area contributed by atoms with Gasteiger partial charge in [0.15, 0.2) is 0 Å². The van der Waals surface area contributed by atoms with Crippen molar-refractivity contribution in [3.8, 4) is 33.6 Å². The quantitative estimate of drug-likeness (QED) is 0.203. The van der Waals surface area contributed by atoms with Crippen LogP contribution in [0.4, 0.5) is 0 Å². The highest BCUT2D eigenvalue weighted by Gasteiger charge is 2.22. The SMILES string of the molecule is c1ccc(-c2ccccc2-n2c3ccccc3c3cccc(-n4c5ccccc5c5c(-c6ccccc6)cccc54)c32)cc1. The first-order valence-electron chi connectivity index (χ1n) is 15.1. The van der Waals surface area contributed by atoms with E-state index >= 15 is 0 Å². The molecule has 206 valence electrons. The van der Waals surface area contributed by atoms with Gasteiger partial charge in [-0.05, 0) is 47.0 Å². The summed E-state index contributed by atoms with van der Waals surface area (Å²) in [5, 5.41) is 5.02. The molecule has 44 heavy (non-hydrogen) atoms. The summed E-state index contributed by atoms with van der Waals surface area (Å²) >= 11 is 0. The molecule has 0 atom stereocenters. The number of aromatic nitrogens is 2. The monoisotopic (exact) mass is 560 g/mol. The lowest BCUT2D eigenvalue weighted by molar-refractivity contribution is 1.13. The molecule has 0 spiro atoms. The molecule has 0 unspecified atom stereocenters. The molecule has 0 amide bonds. The Kier molecular flexibility index (Phi) is 5.54. The molecule has 0 bridgehead atoms. The number of benzene rings is 7. The van der Waals surface area contributed by atoms with Crippen molar-refractivity contribution in [1.29, 1.82) is 0 Å². The van der Waals surface area contributed by atoms with E-state index in [0.717, 1.165) is 5.69 Å². The molecule has 2 aromatic heterocycles. The molecule has 2 heterocycles. The van der Waals surface area contributed by atoms with Gasteiger partial charge in [0, 0.05) is 27.1 Å². The van der Waals surface area contributed by atoms with Crippen LogP contribution in [0.2, 0.25) is 0 Å². The highest BCUT2D eigenvalue weighted by Crippen LogP contribution is 2.43. The third-order valence-corrected chi connectivity index (χ3v) is 8.93. The maximum atomic E-state index is 2.48.